The molecule has 0 bridgehead atoms. The van der Waals surface area contributed by atoms with Crippen molar-refractivity contribution >= 4 is 15.7 Å². The molecule has 2 atom stereocenters. The molecule has 0 aromatic heterocycles. The number of hydrogen-bond acceptors (Lipinski definition) is 5. The third-order valence-electron chi connectivity index (χ3n) is 4.79. The van der Waals surface area contributed by atoms with Crippen LogP contribution >= 0.6 is 0 Å². The largest absolute Gasteiger partial charge is 0.322 e. The predicted molar refractivity (Wildman–Crippen MR) is 116 cm³/mol. The van der Waals surface area contributed by atoms with Crippen molar-refractivity contribution in [1.29, 1.82) is 0 Å². The lowest BCUT2D eigenvalue weighted by atomic mass is 9.95. The van der Waals surface area contributed by atoms with E-state index < -0.39 is 32.8 Å². The van der Waals surface area contributed by atoms with Gasteiger partial charge in [0.2, 0.25) is 10.0 Å². The van der Waals surface area contributed by atoms with Crippen molar-refractivity contribution in [2.45, 2.75) is 24.8 Å². The van der Waals surface area contributed by atoms with Gasteiger partial charge in [-0.2, -0.15) is 0 Å². The van der Waals surface area contributed by atoms with E-state index in [-0.39, 0.29) is 11.3 Å². The zero-order valence-electron chi connectivity index (χ0n) is 16.4. The first-order valence-electron chi connectivity index (χ1n) is 9.36. The highest BCUT2D eigenvalue weighted by Gasteiger charge is 2.28. The van der Waals surface area contributed by atoms with E-state index in [0.29, 0.717) is 5.56 Å². The van der Waals surface area contributed by atoms with Crippen LogP contribution in [0.5, 0.6) is 0 Å². The van der Waals surface area contributed by atoms with Crippen LogP contribution < -0.4 is 10.5 Å². The third-order valence-corrected chi connectivity index (χ3v) is 6.09. The van der Waals surface area contributed by atoms with Gasteiger partial charge in [0.25, 0.3) is 5.69 Å². The quantitative estimate of drug-likeness (QED) is 0.421. The second-order valence-electron chi connectivity index (χ2n) is 7.09. The molecule has 0 amide bonds. The number of benzene rings is 3. The lowest BCUT2D eigenvalue weighted by Crippen LogP contribution is -2.36. The average molecular weight is 426 g/mol. The molecule has 0 fully saturated rings. The summed E-state index contributed by atoms with van der Waals surface area (Å²) in [7, 11) is -3.94. The molecule has 3 N–H and O–H groups in total. The Morgan fingerprint density at radius 1 is 0.967 bits per heavy atom. The Kier molecular flexibility index (Phi) is 6.61. The first-order valence-corrected chi connectivity index (χ1v) is 11.0. The lowest BCUT2D eigenvalue weighted by Gasteiger charge is -2.26. The van der Waals surface area contributed by atoms with Crippen LogP contribution in [0.15, 0.2) is 78.9 Å². The van der Waals surface area contributed by atoms with Gasteiger partial charge < -0.3 is 5.73 Å². The van der Waals surface area contributed by atoms with E-state index in [0.717, 1.165) is 11.1 Å². The number of nitro groups is 1. The standard InChI is InChI=1S/C22H23N3O4S/c1-16-12-13-20(25(26)27)19(14-16)15-30(28,29)24-22(18-10-6-3-7-11-18)21(23)17-8-4-2-5-9-17/h2-14,21-22,24H,15,23H2,1H3. The molecular formula is C22H23N3O4S. The minimum atomic E-state index is -3.94. The van der Waals surface area contributed by atoms with E-state index in [1.165, 1.54) is 12.1 Å². The van der Waals surface area contributed by atoms with E-state index in [9.17, 15) is 18.5 Å². The van der Waals surface area contributed by atoms with Gasteiger partial charge in [-0.3, -0.25) is 10.1 Å². The van der Waals surface area contributed by atoms with Gasteiger partial charge in [0.15, 0.2) is 0 Å². The molecule has 2 unspecified atom stereocenters. The molecular weight excluding hydrogens is 402 g/mol. The fourth-order valence-electron chi connectivity index (χ4n) is 3.32. The molecule has 0 aliphatic carbocycles. The summed E-state index contributed by atoms with van der Waals surface area (Å²) in [5, 5.41) is 11.3. The molecule has 8 heteroatoms. The maximum atomic E-state index is 13.0. The first kappa shape index (κ1) is 21.6. The number of aryl methyl sites for hydroxylation is 1. The van der Waals surface area contributed by atoms with Gasteiger partial charge in [-0.25, -0.2) is 13.1 Å². The Morgan fingerprint density at radius 2 is 1.53 bits per heavy atom. The number of nitrogens with two attached hydrogens (primary N) is 1. The molecule has 0 saturated heterocycles. The van der Waals surface area contributed by atoms with Crippen molar-refractivity contribution in [1.82, 2.24) is 4.72 Å². The highest BCUT2D eigenvalue weighted by Crippen LogP contribution is 2.29. The van der Waals surface area contributed by atoms with Crippen molar-refractivity contribution in [3.05, 3.63) is 111 Å². The Balaban J connectivity index is 1.94. The maximum Gasteiger partial charge on any atom is 0.273 e. The number of hydrogen-bond donors (Lipinski definition) is 2. The van der Waals surface area contributed by atoms with Crippen molar-refractivity contribution in [2.75, 3.05) is 0 Å². The normalized spacial score (nSPS) is 13.5. The van der Waals surface area contributed by atoms with Crippen LogP contribution in [0.1, 0.15) is 34.3 Å². The Labute approximate surface area is 175 Å². The van der Waals surface area contributed by atoms with E-state index in [1.54, 1.807) is 37.3 Å². The van der Waals surface area contributed by atoms with Gasteiger partial charge in [-0.05, 0) is 24.1 Å². The highest BCUT2D eigenvalue weighted by atomic mass is 32.2. The minimum absolute atomic E-state index is 0.132. The zero-order chi connectivity index (χ0) is 21.7. The monoisotopic (exact) mass is 425 g/mol. The minimum Gasteiger partial charge on any atom is -0.322 e. The molecule has 7 nitrogen and oxygen atoms in total. The first-order chi connectivity index (χ1) is 14.3. The molecule has 0 aliphatic rings. The number of nitrogens with zero attached hydrogens (tertiary/aromatic N) is 1. The second kappa shape index (κ2) is 9.17. The van der Waals surface area contributed by atoms with Gasteiger partial charge >= 0.3 is 0 Å². The molecule has 156 valence electrons. The number of nitrogens with one attached hydrogen (secondary N) is 1. The van der Waals surface area contributed by atoms with E-state index in [2.05, 4.69) is 4.72 Å². The topological polar surface area (TPSA) is 115 Å². The van der Waals surface area contributed by atoms with Crippen LogP contribution in [0.25, 0.3) is 0 Å². The highest BCUT2D eigenvalue weighted by molar-refractivity contribution is 7.88. The summed E-state index contributed by atoms with van der Waals surface area (Å²) in [6.07, 6.45) is 0. The predicted octanol–water partition coefficient (Wildman–Crippen LogP) is 3.76. The van der Waals surface area contributed by atoms with E-state index in [1.807, 2.05) is 36.4 Å². The van der Waals surface area contributed by atoms with Gasteiger partial charge in [-0.15, -0.1) is 0 Å². The fourth-order valence-corrected chi connectivity index (χ4v) is 4.72. The summed E-state index contributed by atoms with van der Waals surface area (Å²) in [6.45, 7) is 1.76. The fraction of sp³-hybridized carbons (Fsp3) is 0.182. The third kappa shape index (κ3) is 5.29. The van der Waals surface area contributed by atoms with Crippen molar-refractivity contribution in [3.8, 4) is 0 Å². The average Bonchev–Trinajstić information content (AvgIpc) is 2.72. The zero-order valence-corrected chi connectivity index (χ0v) is 17.2. The van der Waals surface area contributed by atoms with E-state index >= 15 is 0 Å². The lowest BCUT2D eigenvalue weighted by molar-refractivity contribution is -0.385. The Morgan fingerprint density at radius 3 is 2.10 bits per heavy atom. The van der Waals surface area contributed by atoms with Crippen molar-refractivity contribution < 1.29 is 13.3 Å². The molecule has 3 aromatic carbocycles. The summed E-state index contributed by atoms with van der Waals surface area (Å²) in [4.78, 5) is 10.8. The van der Waals surface area contributed by atoms with Crippen molar-refractivity contribution in [3.63, 3.8) is 0 Å². The van der Waals surface area contributed by atoms with Crippen LogP contribution in [0.2, 0.25) is 0 Å². The summed E-state index contributed by atoms with van der Waals surface area (Å²) in [5.74, 6) is -0.518. The summed E-state index contributed by atoms with van der Waals surface area (Å²) in [6, 6.07) is 21.3. The maximum absolute atomic E-state index is 13.0. The van der Waals surface area contributed by atoms with Crippen LogP contribution in [0, 0.1) is 17.0 Å². The van der Waals surface area contributed by atoms with Crippen LogP contribution in [-0.2, 0) is 15.8 Å². The Hall–Kier alpha value is -3.07. The van der Waals surface area contributed by atoms with E-state index in [4.69, 9.17) is 5.73 Å². The number of rotatable bonds is 8. The van der Waals surface area contributed by atoms with Crippen LogP contribution in [0.3, 0.4) is 0 Å². The summed E-state index contributed by atoms with van der Waals surface area (Å²) in [5.41, 5.74) is 8.56. The van der Waals surface area contributed by atoms with Gasteiger partial charge in [0, 0.05) is 11.6 Å². The molecule has 0 spiro atoms. The molecule has 3 rings (SSSR count). The van der Waals surface area contributed by atoms with Crippen molar-refractivity contribution in [2.24, 2.45) is 5.73 Å². The molecule has 30 heavy (non-hydrogen) atoms. The number of nitro benzene ring substituents is 1. The smallest absolute Gasteiger partial charge is 0.273 e. The summed E-state index contributed by atoms with van der Waals surface area (Å²) < 4.78 is 28.7. The van der Waals surface area contributed by atoms with Gasteiger partial charge in [0.05, 0.1) is 22.8 Å². The second-order valence-corrected chi connectivity index (χ2v) is 8.84. The molecule has 3 aromatic rings. The molecule has 0 saturated carbocycles. The SMILES string of the molecule is Cc1ccc([N+](=O)[O-])c(CS(=O)(=O)NC(c2ccccc2)C(N)c2ccccc2)c1. The molecule has 0 aliphatic heterocycles. The number of sulfonamides is 1. The summed E-state index contributed by atoms with van der Waals surface area (Å²) >= 11 is 0. The van der Waals surface area contributed by atoms with Crippen LogP contribution in [-0.4, -0.2) is 13.3 Å². The molecule has 0 radical (unpaired) electrons. The Bertz CT molecular complexity index is 1120. The van der Waals surface area contributed by atoms with Gasteiger partial charge in [0.1, 0.15) is 0 Å². The van der Waals surface area contributed by atoms with Gasteiger partial charge in [-0.1, -0.05) is 72.3 Å². The van der Waals surface area contributed by atoms with Crippen LogP contribution in [0.4, 0.5) is 5.69 Å². The molecule has 0 heterocycles.